The monoisotopic (exact) mass is 466 g/mol. The molecule has 0 unspecified atom stereocenters. The van der Waals surface area contributed by atoms with Crippen molar-refractivity contribution in [2.75, 3.05) is 0 Å². The van der Waals surface area contributed by atoms with Gasteiger partial charge in [-0.05, 0) is 37.3 Å². The molecule has 8 heteroatoms. The van der Waals surface area contributed by atoms with Crippen molar-refractivity contribution >= 4 is 25.1 Å². The zero-order valence-electron chi connectivity index (χ0n) is 14.2. The third-order valence-corrected chi connectivity index (χ3v) is 5.66. The van der Waals surface area contributed by atoms with Crippen molar-refractivity contribution < 1.29 is 20.8 Å². The van der Waals surface area contributed by atoms with Crippen molar-refractivity contribution in [1.29, 1.82) is 0 Å². The van der Waals surface area contributed by atoms with Crippen LogP contribution in [-0.2, 0) is 10.9 Å². The van der Waals surface area contributed by atoms with Crippen molar-refractivity contribution in [3.05, 3.63) is 90.5 Å². The Morgan fingerprint density at radius 1 is 0.556 bits per heavy atom. The van der Waals surface area contributed by atoms with Crippen LogP contribution in [0.1, 0.15) is 5.56 Å². The topological polar surface area (TPSA) is 0 Å². The van der Waals surface area contributed by atoms with Crippen molar-refractivity contribution in [2.45, 2.75) is 21.6 Å². The molecule has 3 rings (SSSR count). The molecule has 146 valence electrons. The normalized spacial score (nSPS) is 13.9. The maximum absolute atomic E-state index is 11.1. The molecule has 0 heterocycles. The zero-order chi connectivity index (χ0) is 20.2. The second-order valence-corrected chi connectivity index (χ2v) is 11.7. The number of halogens is 6. The molecule has 0 aromatic heterocycles. The molecular formula is C19H17AsF6S. The molecule has 3 aromatic carbocycles. The quantitative estimate of drug-likeness (QED) is 0.217. The summed E-state index contributed by atoms with van der Waals surface area (Å²) in [7, 11) is -0.0262. The Morgan fingerprint density at radius 2 is 0.889 bits per heavy atom. The second kappa shape index (κ2) is 7.28. The molecule has 0 atom stereocenters. The summed E-state index contributed by atoms with van der Waals surface area (Å²) in [6.07, 6.45) is 0. The van der Waals surface area contributed by atoms with Gasteiger partial charge in [0, 0.05) is 5.56 Å². The molecule has 0 bridgehead atoms. The molecule has 0 nitrogen and oxygen atoms in total. The van der Waals surface area contributed by atoms with E-state index < -0.39 is 14.2 Å². The molecular weight excluding hydrogens is 449 g/mol. The number of aryl methyl sites for hydroxylation is 1. The number of hydrogen-bond acceptors (Lipinski definition) is 0. The van der Waals surface area contributed by atoms with Gasteiger partial charge >= 0.3 is 35.0 Å². The van der Waals surface area contributed by atoms with Gasteiger partial charge in [0.15, 0.2) is 14.7 Å². The average molecular weight is 466 g/mol. The van der Waals surface area contributed by atoms with E-state index in [1.165, 1.54) is 20.2 Å². The first kappa shape index (κ1) is 21.4. The molecule has 0 aliphatic rings. The second-order valence-electron chi connectivity index (χ2n) is 5.66. The first-order valence-corrected chi connectivity index (χ1v) is 13.3. The van der Waals surface area contributed by atoms with E-state index in [0.29, 0.717) is 0 Å². The SMILES string of the molecule is Cc1ccccc1[S+](c1ccccc1)c1ccccc1.F[As-](F)(F)(F)(F)F. The van der Waals surface area contributed by atoms with Gasteiger partial charge in [0.2, 0.25) is 0 Å². The average Bonchev–Trinajstić information content (AvgIpc) is 2.56. The standard InChI is InChI=1S/C19H17S.AsF6/c1-16-10-8-9-15-19(16)20(17-11-4-2-5-12-17)18-13-6-3-7-14-18;2-1(3,4,5,6)7/h2-15H,1H3;/q+1;-1. The van der Waals surface area contributed by atoms with E-state index in [1.807, 2.05) is 0 Å². The van der Waals surface area contributed by atoms with Crippen LogP contribution in [0.3, 0.4) is 0 Å². The Balaban J connectivity index is 0.000000321. The van der Waals surface area contributed by atoms with E-state index in [2.05, 4.69) is 91.9 Å². The Bertz CT molecular complexity index is 830. The minimum absolute atomic E-state index is 0.0262. The van der Waals surface area contributed by atoms with Crippen LogP contribution in [0.15, 0.2) is 99.6 Å². The fraction of sp³-hybridized carbons (Fsp3) is 0.0526. The predicted molar refractivity (Wildman–Crippen MR) is 98.6 cm³/mol. The number of rotatable bonds is 3. The van der Waals surface area contributed by atoms with Crippen molar-refractivity contribution in [3.63, 3.8) is 0 Å². The molecule has 0 aliphatic heterocycles. The molecule has 3 aromatic rings. The summed E-state index contributed by atoms with van der Waals surface area (Å²) in [6.45, 7) is 2.20. The molecule has 0 spiro atoms. The summed E-state index contributed by atoms with van der Waals surface area (Å²) in [5, 5.41) is 0. The van der Waals surface area contributed by atoms with Crippen LogP contribution < -0.4 is 0 Å². The van der Waals surface area contributed by atoms with Gasteiger partial charge in [-0.2, -0.15) is 0 Å². The fourth-order valence-corrected chi connectivity index (χ4v) is 4.53. The van der Waals surface area contributed by atoms with Gasteiger partial charge in [0.25, 0.3) is 0 Å². The van der Waals surface area contributed by atoms with Crippen LogP contribution in [-0.4, -0.2) is 14.2 Å². The number of benzene rings is 3. The minimum atomic E-state index is -11.1. The van der Waals surface area contributed by atoms with Crippen molar-refractivity contribution in [1.82, 2.24) is 0 Å². The van der Waals surface area contributed by atoms with Crippen molar-refractivity contribution in [2.24, 2.45) is 0 Å². The molecule has 0 saturated heterocycles. The summed E-state index contributed by atoms with van der Waals surface area (Å²) < 4.78 is 59.4. The van der Waals surface area contributed by atoms with Gasteiger partial charge in [-0.15, -0.1) is 0 Å². The summed E-state index contributed by atoms with van der Waals surface area (Å²) >= 11 is -11.1. The molecule has 0 aliphatic carbocycles. The Morgan fingerprint density at radius 3 is 1.26 bits per heavy atom. The third kappa shape index (κ3) is 8.58. The molecule has 0 amide bonds. The summed E-state index contributed by atoms with van der Waals surface area (Å²) in [5.41, 5.74) is 1.35. The first-order chi connectivity index (χ1) is 12.3. The van der Waals surface area contributed by atoms with E-state index in [4.69, 9.17) is 0 Å². The fourth-order valence-electron chi connectivity index (χ4n) is 2.29. The van der Waals surface area contributed by atoms with E-state index >= 15 is 0 Å². The van der Waals surface area contributed by atoms with Gasteiger partial charge in [0.1, 0.15) is 0 Å². The van der Waals surface area contributed by atoms with Crippen molar-refractivity contribution in [3.8, 4) is 0 Å². The Hall–Kier alpha value is -1.85. The molecule has 27 heavy (non-hydrogen) atoms. The van der Waals surface area contributed by atoms with E-state index in [1.54, 1.807) is 0 Å². The maximum atomic E-state index is 9.91. The molecule has 0 saturated carbocycles. The summed E-state index contributed by atoms with van der Waals surface area (Å²) in [5.74, 6) is 0. The summed E-state index contributed by atoms with van der Waals surface area (Å²) in [6, 6.07) is 30.2. The molecule has 0 fully saturated rings. The van der Waals surface area contributed by atoms with Gasteiger partial charge in [-0.3, -0.25) is 0 Å². The van der Waals surface area contributed by atoms with Crippen LogP contribution in [0.4, 0.5) is 20.8 Å². The van der Waals surface area contributed by atoms with Gasteiger partial charge in [0.05, 0.1) is 10.9 Å². The zero-order valence-corrected chi connectivity index (χ0v) is 16.9. The van der Waals surface area contributed by atoms with Crippen LogP contribution in [0, 0.1) is 6.92 Å². The predicted octanol–water partition coefficient (Wildman–Crippen LogP) is 7.23. The van der Waals surface area contributed by atoms with Crippen LogP contribution in [0.25, 0.3) is 0 Å². The number of hydrogen-bond donors (Lipinski definition) is 0. The Labute approximate surface area is 158 Å². The Kier molecular flexibility index (Phi) is 5.79. The van der Waals surface area contributed by atoms with E-state index in [9.17, 15) is 20.8 Å². The van der Waals surface area contributed by atoms with E-state index in [0.717, 1.165) is 0 Å². The van der Waals surface area contributed by atoms with Crippen LogP contribution >= 0.6 is 0 Å². The van der Waals surface area contributed by atoms with E-state index in [-0.39, 0.29) is 10.9 Å². The third-order valence-electron chi connectivity index (χ3n) is 3.27. The molecule has 0 radical (unpaired) electrons. The summed E-state index contributed by atoms with van der Waals surface area (Å²) in [4.78, 5) is 4.14. The van der Waals surface area contributed by atoms with Crippen LogP contribution in [0.5, 0.6) is 0 Å². The first-order valence-electron chi connectivity index (χ1n) is 7.78. The van der Waals surface area contributed by atoms with Crippen LogP contribution in [0.2, 0.25) is 0 Å². The van der Waals surface area contributed by atoms with Gasteiger partial charge < -0.3 is 0 Å². The van der Waals surface area contributed by atoms with Gasteiger partial charge in [-0.1, -0.05) is 54.6 Å². The molecule has 0 N–H and O–H groups in total. The van der Waals surface area contributed by atoms with Gasteiger partial charge in [-0.25, -0.2) is 0 Å².